The van der Waals surface area contributed by atoms with Crippen LogP contribution < -0.4 is 14.8 Å². The third-order valence-corrected chi connectivity index (χ3v) is 4.12. The predicted octanol–water partition coefficient (Wildman–Crippen LogP) is 3.96. The summed E-state index contributed by atoms with van der Waals surface area (Å²) >= 11 is 0. The van der Waals surface area contributed by atoms with Crippen LogP contribution in [0.3, 0.4) is 0 Å². The molecule has 0 saturated heterocycles. The first-order valence-corrected chi connectivity index (χ1v) is 8.52. The highest BCUT2D eigenvalue weighted by molar-refractivity contribution is 5.42. The van der Waals surface area contributed by atoms with E-state index >= 15 is 0 Å². The zero-order valence-corrected chi connectivity index (χ0v) is 13.8. The van der Waals surface area contributed by atoms with Crippen LogP contribution in [0.15, 0.2) is 48.5 Å². The number of aryl methyl sites for hydroxylation is 1. The van der Waals surface area contributed by atoms with Crippen LogP contribution >= 0.6 is 0 Å². The molecule has 0 fully saturated rings. The summed E-state index contributed by atoms with van der Waals surface area (Å²) < 4.78 is 12.0. The molecule has 1 N–H and O–H groups in total. The molecular weight excluding hydrogens is 286 g/mol. The molecule has 0 unspecified atom stereocenters. The average molecular weight is 311 g/mol. The average Bonchev–Trinajstić information content (AvgIpc) is 2.61. The van der Waals surface area contributed by atoms with Gasteiger partial charge < -0.3 is 14.8 Å². The molecule has 0 spiro atoms. The second-order valence-corrected chi connectivity index (χ2v) is 6.03. The Bertz CT molecular complexity index is 612. The van der Waals surface area contributed by atoms with E-state index in [0.717, 1.165) is 43.9 Å². The summed E-state index contributed by atoms with van der Waals surface area (Å²) in [5.74, 6) is 1.85. The minimum absolute atomic E-state index is 0.262. The number of rotatable bonds is 7. The molecule has 0 saturated carbocycles. The van der Waals surface area contributed by atoms with Crippen molar-refractivity contribution in [2.45, 2.75) is 38.9 Å². The molecule has 2 aromatic carbocycles. The minimum atomic E-state index is 0.262. The van der Waals surface area contributed by atoms with Gasteiger partial charge in [0.05, 0.1) is 0 Å². The fourth-order valence-electron chi connectivity index (χ4n) is 2.82. The van der Waals surface area contributed by atoms with Gasteiger partial charge in [-0.3, -0.25) is 0 Å². The van der Waals surface area contributed by atoms with E-state index < -0.39 is 0 Å². The molecule has 1 aliphatic rings. The topological polar surface area (TPSA) is 30.5 Å². The van der Waals surface area contributed by atoms with E-state index in [1.807, 2.05) is 30.3 Å². The summed E-state index contributed by atoms with van der Waals surface area (Å²) in [5.41, 5.74) is 2.46. The summed E-state index contributed by atoms with van der Waals surface area (Å²) in [6.07, 6.45) is 3.57. The minimum Gasteiger partial charge on any atom is -0.489 e. The van der Waals surface area contributed by atoms with Crippen LogP contribution in [-0.2, 0) is 13.0 Å². The highest BCUT2D eigenvalue weighted by Crippen LogP contribution is 2.31. The van der Waals surface area contributed by atoms with Crippen molar-refractivity contribution in [3.63, 3.8) is 0 Å². The van der Waals surface area contributed by atoms with Gasteiger partial charge in [-0.15, -0.1) is 0 Å². The molecule has 2 aromatic rings. The number of fused-ring (bicyclic) bond motifs is 1. The van der Waals surface area contributed by atoms with Gasteiger partial charge in [0.1, 0.15) is 24.2 Å². The molecular formula is C20H25NO2. The Kier molecular flexibility index (Phi) is 5.54. The molecule has 23 heavy (non-hydrogen) atoms. The fraction of sp³-hybridized carbons (Fsp3) is 0.400. The van der Waals surface area contributed by atoms with E-state index in [-0.39, 0.29) is 6.10 Å². The molecule has 1 atom stereocenters. The maximum absolute atomic E-state index is 6.13. The summed E-state index contributed by atoms with van der Waals surface area (Å²) in [7, 11) is 0. The standard InChI is InChI=1S/C20H25NO2/c1-2-12-21-14-19-11-9-17-8-10-18(13-20(17)23-19)22-15-16-6-4-3-5-7-16/h3-8,10,13,19,21H,2,9,11-12,14-15H2,1H3/t19-/m1/s1. The first kappa shape index (κ1) is 15.9. The van der Waals surface area contributed by atoms with Gasteiger partial charge in [-0.25, -0.2) is 0 Å². The van der Waals surface area contributed by atoms with Crippen molar-refractivity contribution in [3.8, 4) is 11.5 Å². The monoisotopic (exact) mass is 311 g/mol. The van der Waals surface area contributed by atoms with Gasteiger partial charge in [0, 0.05) is 12.6 Å². The summed E-state index contributed by atoms with van der Waals surface area (Å²) in [5, 5.41) is 3.44. The largest absolute Gasteiger partial charge is 0.489 e. The van der Waals surface area contributed by atoms with Gasteiger partial charge in [0.25, 0.3) is 0 Å². The second kappa shape index (κ2) is 8.02. The highest BCUT2D eigenvalue weighted by atomic mass is 16.5. The van der Waals surface area contributed by atoms with Gasteiger partial charge in [-0.2, -0.15) is 0 Å². The van der Waals surface area contributed by atoms with Crippen molar-refractivity contribution < 1.29 is 9.47 Å². The first-order chi connectivity index (χ1) is 11.3. The quantitative estimate of drug-likeness (QED) is 0.785. The van der Waals surface area contributed by atoms with E-state index in [1.54, 1.807) is 0 Å². The van der Waals surface area contributed by atoms with Crippen molar-refractivity contribution in [1.29, 1.82) is 0 Å². The Labute approximate surface area is 138 Å². The Morgan fingerprint density at radius 1 is 1.17 bits per heavy atom. The van der Waals surface area contributed by atoms with Crippen LogP contribution in [0, 0.1) is 0 Å². The van der Waals surface area contributed by atoms with Gasteiger partial charge >= 0.3 is 0 Å². The molecule has 0 amide bonds. The lowest BCUT2D eigenvalue weighted by Gasteiger charge is -2.26. The van der Waals surface area contributed by atoms with Crippen molar-refractivity contribution in [3.05, 3.63) is 59.7 Å². The van der Waals surface area contributed by atoms with Crippen LogP contribution in [0.4, 0.5) is 0 Å². The third kappa shape index (κ3) is 4.49. The molecule has 0 aliphatic carbocycles. The zero-order valence-electron chi connectivity index (χ0n) is 13.8. The number of ether oxygens (including phenoxy) is 2. The molecule has 3 rings (SSSR count). The van der Waals surface area contributed by atoms with E-state index in [1.165, 1.54) is 11.1 Å². The van der Waals surface area contributed by atoms with Gasteiger partial charge in [0.2, 0.25) is 0 Å². The molecule has 3 heteroatoms. The summed E-state index contributed by atoms with van der Waals surface area (Å²) in [6, 6.07) is 16.4. The Morgan fingerprint density at radius 2 is 2.04 bits per heavy atom. The molecule has 1 heterocycles. The maximum atomic E-state index is 6.13. The van der Waals surface area contributed by atoms with E-state index in [9.17, 15) is 0 Å². The highest BCUT2D eigenvalue weighted by Gasteiger charge is 2.19. The van der Waals surface area contributed by atoms with E-state index in [2.05, 4.69) is 30.4 Å². The van der Waals surface area contributed by atoms with Crippen LogP contribution in [0.25, 0.3) is 0 Å². The van der Waals surface area contributed by atoms with Crippen molar-refractivity contribution >= 4 is 0 Å². The predicted molar refractivity (Wildman–Crippen MR) is 93.1 cm³/mol. The second-order valence-electron chi connectivity index (χ2n) is 6.03. The van der Waals surface area contributed by atoms with Crippen molar-refractivity contribution in [1.82, 2.24) is 5.32 Å². The zero-order chi connectivity index (χ0) is 15.9. The summed E-state index contributed by atoms with van der Waals surface area (Å²) in [6.45, 7) is 4.73. The first-order valence-electron chi connectivity index (χ1n) is 8.52. The van der Waals surface area contributed by atoms with Crippen molar-refractivity contribution in [2.75, 3.05) is 13.1 Å². The van der Waals surface area contributed by atoms with Gasteiger partial charge in [-0.05, 0) is 43.0 Å². The van der Waals surface area contributed by atoms with Gasteiger partial charge in [-0.1, -0.05) is 43.3 Å². The molecule has 0 bridgehead atoms. The molecule has 0 radical (unpaired) electrons. The normalized spacial score (nSPS) is 16.5. The number of nitrogens with one attached hydrogen (secondary N) is 1. The Hall–Kier alpha value is -2.00. The number of hydrogen-bond acceptors (Lipinski definition) is 3. The lowest BCUT2D eigenvalue weighted by molar-refractivity contribution is 0.169. The molecule has 122 valence electrons. The number of benzene rings is 2. The lowest BCUT2D eigenvalue weighted by Crippen LogP contribution is -2.34. The van der Waals surface area contributed by atoms with Gasteiger partial charge in [0.15, 0.2) is 0 Å². The lowest BCUT2D eigenvalue weighted by atomic mass is 10.0. The van der Waals surface area contributed by atoms with Crippen LogP contribution in [0.2, 0.25) is 0 Å². The molecule has 3 nitrogen and oxygen atoms in total. The maximum Gasteiger partial charge on any atom is 0.126 e. The van der Waals surface area contributed by atoms with Crippen LogP contribution in [-0.4, -0.2) is 19.2 Å². The molecule has 1 aliphatic heterocycles. The summed E-state index contributed by atoms with van der Waals surface area (Å²) in [4.78, 5) is 0. The molecule has 0 aromatic heterocycles. The van der Waals surface area contributed by atoms with E-state index in [4.69, 9.17) is 9.47 Å². The van der Waals surface area contributed by atoms with Crippen molar-refractivity contribution in [2.24, 2.45) is 0 Å². The van der Waals surface area contributed by atoms with Crippen LogP contribution in [0.1, 0.15) is 30.9 Å². The smallest absolute Gasteiger partial charge is 0.126 e. The van der Waals surface area contributed by atoms with E-state index in [0.29, 0.717) is 6.61 Å². The Morgan fingerprint density at radius 3 is 2.87 bits per heavy atom. The SMILES string of the molecule is CCCNC[C@H]1CCc2ccc(OCc3ccccc3)cc2O1. The fourth-order valence-corrected chi connectivity index (χ4v) is 2.82. The van der Waals surface area contributed by atoms with Crippen LogP contribution in [0.5, 0.6) is 11.5 Å². The Balaban J connectivity index is 1.59. The number of hydrogen-bond donors (Lipinski definition) is 1. The third-order valence-electron chi connectivity index (χ3n) is 4.12.